The van der Waals surface area contributed by atoms with Crippen LogP contribution >= 0.6 is 0 Å². The number of hydrogen-bond donors (Lipinski definition) is 0. The first-order valence-electron chi connectivity index (χ1n) is 5.96. The van der Waals surface area contributed by atoms with E-state index >= 15 is 0 Å². The quantitative estimate of drug-likeness (QED) is 0.770. The van der Waals surface area contributed by atoms with E-state index in [1.807, 2.05) is 0 Å². The summed E-state index contributed by atoms with van der Waals surface area (Å²) in [6.07, 6.45) is 7.65. The van der Waals surface area contributed by atoms with Crippen molar-refractivity contribution >= 4 is 4.57 Å². The summed E-state index contributed by atoms with van der Waals surface area (Å²) < 4.78 is 12.0. The molecule has 0 amide bonds. The Labute approximate surface area is 104 Å². The average molecular weight is 256 g/mol. The maximum atomic E-state index is 5.77. The van der Waals surface area contributed by atoms with Crippen LogP contribution in [0.15, 0.2) is 22.8 Å². The second kappa shape index (κ2) is 4.24. The van der Waals surface area contributed by atoms with Crippen molar-refractivity contribution in [3.8, 4) is 0 Å². The van der Waals surface area contributed by atoms with Crippen molar-refractivity contribution in [2.75, 3.05) is 13.7 Å². The van der Waals surface area contributed by atoms with Crippen LogP contribution in [0.5, 0.6) is 0 Å². The predicted molar refractivity (Wildman–Crippen MR) is 58.8 cm³/mol. The topological polar surface area (TPSA) is 18.5 Å². The van der Waals surface area contributed by atoms with Gasteiger partial charge in [-0.25, -0.2) is 0 Å². The molecule has 2 atom stereocenters. The third kappa shape index (κ3) is 1.50. The van der Waals surface area contributed by atoms with Gasteiger partial charge in [0.15, 0.2) is 0 Å². The van der Waals surface area contributed by atoms with Crippen molar-refractivity contribution in [2.45, 2.75) is 31.8 Å². The molecule has 16 heavy (non-hydrogen) atoms. The number of allylic oxidation sites excluding steroid dienone is 2. The van der Waals surface area contributed by atoms with Crippen molar-refractivity contribution in [1.82, 2.24) is 0 Å². The zero-order chi connectivity index (χ0) is 11.1. The van der Waals surface area contributed by atoms with E-state index in [1.165, 1.54) is 36.8 Å². The predicted octanol–water partition coefficient (Wildman–Crippen LogP) is 2.14. The summed E-state index contributed by atoms with van der Waals surface area (Å²) in [7, 11) is 1.72. The fourth-order valence-corrected chi connectivity index (χ4v) is 3.44. The van der Waals surface area contributed by atoms with E-state index in [4.69, 9.17) is 9.47 Å². The van der Waals surface area contributed by atoms with Crippen LogP contribution in [0, 0.1) is 5.92 Å². The van der Waals surface area contributed by atoms with E-state index < -0.39 is 0 Å². The van der Waals surface area contributed by atoms with E-state index in [9.17, 15) is 0 Å². The number of fused-ring (bicyclic) bond motifs is 1. The molecule has 0 aromatic rings. The van der Waals surface area contributed by atoms with Crippen molar-refractivity contribution in [3.05, 3.63) is 22.8 Å². The summed E-state index contributed by atoms with van der Waals surface area (Å²) in [6.45, 7) is 0.895. The Bertz CT molecular complexity index is 395. The van der Waals surface area contributed by atoms with E-state index in [0.717, 1.165) is 11.2 Å². The Morgan fingerprint density at radius 2 is 2.44 bits per heavy atom. The molecule has 0 saturated carbocycles. The minimum absolute atomic E-state index is 0.299. The van der Waals surface area contributed by atoms with Gasteiger partial charge in [-0.05, 0) is 0 Å². The molecule has 0 bridgehead atoms. The maximum absolute atomic E-state index is 5.77. The first kappa shape index (κ1) is 10.9. The van der Waals surface area contributed by atoms with Gasteiger partial charge in [0.2, 0.25) is 0 Å². The molecule has 3 heteroatoms. The molecule has 3 rings (SSSR count). The van der Waals surface area contributed by atoms with Gasteiger partial charge in [0.1, 0.15) is 0 Å². The summed E-state index contributed by atoms with van der Waals surface area (Å²) in [5.41, 5.74) is 4.36. The molecule has 1 heterocycles. The fraction of sp³-hybridized carbons (Fsp3) is 0.615. The van der Waals surface area contributed by atoms with Crippen molar-refractivity contribution < 1.29 is 25.3 Å². The van der Waals surface area contributed by atoms with Gasteiger partial charge in [-0.2, -0.15) is 0 Å². The summed E-state index contributed by atoms with van der Waals surface area (Å²) in [6, 6.07) is 0. The van der Waals surface area contributed by atoms with Crippen molar-refractivity contribution in [2.24, 2.45) is 5.92 Å². The van der Waals surface area contributed by atoms with Crippen LogP contribution in [0.3, 0.4) is 0 Å². The summed E-state index contributed by atoms with van der Waals surface area (Å²) in [4.78, 5) is 0. The molecule has 3 aliphatic rings. The number of ether oxygens (including phenoxy) is 2. The molecule has 0 aromatic heterocycles. The molecule has 0 radical (unpaired) electrons. The number of methoxy groups -OCH3 is 1. The van der Waals surface area contributed by atoms with Gasteiger partial charge >= 0.3 is 104 Å². The molecule has 0 aromatic carbocycles. The van der Waals surface area contributed by atoms with Crippen LogP contribution in [-0.2, 0) is 25.3 Å². The first-order valence-corrected chi connectivity index (χ1v) is 6.60. The molecule has 2 unspecified atom stereocenters. The van der Waals surface area contributed by atoms with Crippen LogP contribution in [-0.4, -0.2) is 24.4 Å². The van der Waals surface area contributed by atoms with Crippen LogP contribution in [0.1, 0.15) is 25.7 Å². The average Bonchev–Trinajstić information content (AvgIpc) is 2.90. The summed E-state index contributed by atoms with van der Waals surface area (Å²) in [5, 5.41) is 0. The SMILES string of the molecule is CO[C](=[Cr])C1=C(C2=CCCC2)C2CCOC12. The normalized spacial score (nSPS) is 32.4. The zero-order valence-corrected chi connectivity index (χ0v) is 10.8. The van der Waals surface area contributed by atoms with Gasteiger partial charge in [-0.15, -0.1) is 0 Å². The van der Waals surface area contributed by atoms with E-state index in [1.54, 1.807) is 12.7 Å². The second-order valence-corrected chi connectivity index (χ2v) is 5.21. The molecule has 2 aliphatic carbocycles. The Kier molecular flexibility index (Phi) is 2.89. The third-order valence-electron chi connectivity index (χ3n) is 3.83. The standard InChI is InChI=1S/C13H16O2.Cr/c1-14-8-11-12(9-4-2-3-5-9)10-6-7-15-13(10)11;/h4,10,13H,2-3,5-7H2,1H3;. The molecule has 1 aliphatic heterocycles. The van der Waals surface area contributed by atoms with Gasteiger partial charge in [0.25, 0.3) is 0 Å². The Morgan fingerprint density at radius 1 is 1.56 bits per heavy atom. The minimum atomic E-state index is 0.299. The van der Waals surface area contributed by atoms with Gasteiger partial charge in [0.05, 0.1) is 0 Å². The summed E-state index contributed by atoms with van der Waals surface area (Å²) in [5.74, 6) is 0.637. The van der Waals surface area contributed by atoms with Crippen LogP contribution in [0.25, 0.3) is 0 Å². The molecule has 1 saturated heterocycles. The second-order valence-electron chi connectivity index (χ2n) is 4.63. The van der Waals surface area contributed by atoms with Crippen LogP contribution in [0.2, 0.25) is 0 Å². The van der Waals surface area contributed by atoms with E-state index in [0.29, 0.717) is 12.0 Å². The van der Waals surface area contributed by atoms with Crippen LogP contribution < -0.4 is 0 Å². The van der Waals surface area contributed by atoms with Crippen molar-refractivity contribution in [3.63, 3.8) is 0 Å². The molecule has 86 valence electrons. The molecule has 2 nitrogen and oxygen atoms in total. The molecule has 1 fully saturated rings. The molecular weight excluding hydrogens is 240 g/mol. The van der Waals surface area contributed by atoms with Crippen LogP contribution in [0.4, 0.5) is 0 Å². The van der Waals surface area contributed by atoms with Gasteiger partial charge in [0, 0.05) is 0 Å². The molecule has 0 spiro atoms. The summed E-state index contributed by atoms with van der Waals surface area (Å²) >= 11 is 3.02. The Hall–Kier alpha value is -0.198. The molecular formula is C13H16CrO2. The monoisotopic (exact) mass is 256 g/mol. The van der Waals surface area contributed by atoms with E-state index in [2.05, 4.69) is 21.9 Å². The van der Waals surface area contributed by atoms with E-state index in [-0.39, 0.29) is 0 Å². The Morgan fingerprint density at radius 3 is 3.12 bits per heavy atom. The first-order chi connectivity index (χ1) is 7.83. The Balaban J connectivity index is 1.97. The molecule has 0 N–H and O–H groups in total. The number of hydrogen-bond acceptors (Lipinski definition) is 2. The van der Waals surface area contributed by atoms with Gasteiger partial charge in [-0.1, -0.05) is 0 Å². The zero-order valence-electron chi connectivity index (χ0n) is 9.49. The van der Waals surface area contributed by atoms with Gasteiger partial charge in [-0.3, -0.25) is 0 Å². The number of rotatable bonds is 3. The van der Waals surface area contributed by atoms with Gasteiger partial charge < -0.3 is 0 Å². The fourth-order valence-electron chi connectivity index (χ4n) is 3.09. The van der Waals surface area contributed by atoms with Crippen molar-refractivity contribution in [1.29, 1.82) is 0 Å². The third-order valence-corrected chi connectivity index (χ3v) is 4.43.